The highest BCUT2D eigenvalue weighted by Gasteiger charge is 2.38. The first-order valence-electron chi connectivity index (χ1n) is 8.31. The van der Waals surface area contributed by atoms with Crippen molar-refractivity contribution in [1.29, 1.82) is 0 Å². The summed E-state index contributed by atoms with van der Waals surface area (Å²) in [5.74, 6) is -1.17. The first kappa shape index (κ1) is 18.3. The van der Waals surface area contributed by atoms with E-state index in [9.17, 15) is 14.7 Å². The molecule has 1 atom stereocenters. The van der Waals surface area contributed by atoms with Crippen LogP contribution < -0.4 is 0 Å². The Bertz CT molecular complexity index is 796. The third kappa shape index (κ3) is 3.85. The molecule has 2 aromatic heterocycles. The van der Waals surface area contributed by atoms with Crippen LogP contribution in [0.3, 0.4) is 0 Å². The second-order valence-corrected chi connectivity index (χ2v) is 8.02. The summed E-state index contributed by atoms with van der Waals surface area (Å²) < 4.78 is 7.00. The van der Waals surface area contributed by atoms with Gasteiger partial charge in [0.05, 0.1) is 18.3 Å². The molecule has 1 aliphatic heterocycles. The van der Waals surface area contributed by atoms with Crippen LogP contribution in [0.25, 0.3) is 0 Å². The van der Waals surface area contributed by atoms with E-state index in [1.54, 1.807) is 31.9 Å². The minimum Gasteiger partial charge on any atom is -0.476 e. The number of aromatic nitrogens is 4. The second-order valence-electron chi connectivity index (χ2n) is 7.04. The van der Waals surface area contributed by atoms with Gasteiger partial charge in [-0.2, -0.15) is 0 Å². The van der Waals surface area contributed by atoms with Crippen LogP contribution in [0, 0.1) is 0 Å². The fourth-order valence-corrected chi connectivity index (χ4v) is 3.57. The molecule has 1 aliphatic rings. The molecule has 0 aromatic carbocycles. The van der Waals surface area contributed by atoms with Gasteiger partial charge in [-0.15, -0.1) is 16.4 Å². The Morgan fingerprint density at radius 2 is 2.19 bits per heavy atom. The van der Waals surface area contributed by atoms with Crippen LogP contribution in [0.5, 0.6) is 0 Å². The number of amides is 1. The van der Waals surface area contributed by atoms with Crippen molar-refractivity contribution in [2.75, 3.05) is 6.54 Å². The molecule has 1 N–H and O–H groups in total. The maximum absolute atomic E-state index is 12.6. The highest BCUT2D eigenvalue weighted by Crippen LogP contribution is 2.34. The Hall–Kier alpha value is -2.49. The quantitative estimate of drug-likeness (QED) is 0.869. The van der Waals surface area contributed by atoms with Crippen molar-refractivity contribution in [2.24, 2.45) is 0 Å². The van der Waals surface area contributed by atoms with Crippen molar-refractivity contribution >= 4 is 23.4 Å². The molecule has 3 heterocycles. The summed E-state index contributed by atoms with van der Waals surface area (Å²) >= 11 is 1.45. The van der Waals surface area contributed by atoms with Crippen LogP contribution in [0.1, 0.15) is 60.8 Å². The predicted octanol–water partition coefficient (Wildman–Crippen LogP) is 2.55. The lowest BCUT2D eigenvalue weighted by Gasteiger charge is -2.28. The monoisotopic (exact) mass is 379 g/mol. The average Bonchev–Trinajstić information content (AvgIpc) is 3.25. The number of carboxylic acids is 1. The summed E-state index contributed by atoms with van der Waals surface area (Å²) in [6, 6.07) is -0.439. The first-order valence-corrected chi connectivity index (χ1v) is 9.19. The molecule has 0 spiro atoms. The highest BCUT2D eigenvalue weighted by molar-refractivity contribution is 7.09. The maximum atomic E-state index is 12.6. The second kappa shape index (κ2) is 7.02. The zero-order chi connectivity index (χ0) is 18.9. The van der Waals surface area contributed by atoms with Gasteiger partial charge in [-0.1, -0.05) is 5.21 Å². The van der Waals surface area contributed by atoms with Gasteiger partial charge in [0.25, 0.3) is 0 Å². The van der Waals surface area contributed by atoms with E-state index in [1.165, 1.54) is 16.0 Å². The SMILES string of the molecule is CC(C)(C)OC(=O)N1CCCC1c1c(C(=O)O)nnn1Cc1nccs1. The van der Waals surface area contributed by atoms with E-state index in [0.717, 1.165) is 11.4 Å². The van der Waals surface area contributed by atoms with E-state index in [1.807, 2.05) is 5.38 Å². The largest absolute Gasteiger partial charge is 0.476 e. The van der Waals surface area contributed by atoms with Gasteiger partial charge in [-0.3, -0.25) is 4.90 Å². The van der Waals surface area contributed by atoms with E-state index in [0.29, 0.717) is 25.2 Å². The molecule has 3 rings (SSSR count). The third-order valence-electron chi connectivity index (χ3n) is 3.94. The van der Waals surface area contributed by atoms with Gasteiger partial charge in [0.15, 0.2) is 5.69 Å². The molecule has 140 valence electrons. The molecule has 9 nitrogen and oxygen atoms in total. The van der Waals surface area contributed by atoms with E-state index in [-0.39, 0.29) is 5.69 Å². The van der Waals surface area contributed by atoms with Gasteiger partial charge < -0.3 is 9.84 Å². The molecule has 26 heavy (non-hydrogen) atoms. The van der Waals surface area contributed by atoms with E-state index in [2.05, 4.69) is 15.3 Å². The van der Waals surface area contributed by atoms with Gasteiger partial charge >= 0.3 is 12.1 Å². The van der Waals surface area contributed by atoms with Gasteiger partial charge in [-0.05, 0) is 33.6 Å². The minimum atomic E-state index is -1.17. The molecule has 1 fully saturated rings. The maximum Gasteiger partial charge on any atom is 0.410 e. The lowest BCUT2D eigenvalue weighted by atomic mass is 10.1. The van der Waals surface area contributed by atoms with Crippen LogP contribution >= 0.6 is 11.3 Å². The van der Waals surface area contributed by atoms with Crippen molar-refractivity contribution in [3.8, 4) is 0 Å². The van der Waals surface area contributed by atoms with Gasteiger partial charge in [-0.25, -0.2) is 19.3 Å². The Labute approximate surface area is 154 Å². The number of ether oxygens (including phenoxy) is 1. The zero-order valence-electron chi connectivity index (χ0n) is 14.9. The minimum absolute atomic E-state index is 0.137. The van der Waals surface area contributed by atoms with Crippen LogP contribution in [0.2, 0.25) is 0 Å². The van der Waals surface area contributed by atoms with Crippen LogP contribution in [-0.2, 0) is 11.3 Å². The molecular weight excluding hydrogens is 358 g/mol. The van der Waals surface area contributed by atoms with E-state index in [4.69, 9.17) is 4.74 Å². The predicted molar refractivity (Wildman–Crippen MR) is 93.1 cm³/mol. The molecule has 0 radical (unpaired) electrons. The average molecular weight is 379 g/mol. The van der Waals surface area contributed by atoms with Gasteiger partial charge in [0.1, 0.15) is 10.6 Å². The normalized spacial score (nSPS) is 17.5. The number of likely N-dealkylation sites (tertiary alicyclic amines) is 1. The fraction of sp³-hybridized carbons (Fsp3) is 0.562. The van der Waals surface area contributed by atoms with E-state index < -0.39 is 23.7 Å². The summed E-state index contributed by atoms with van der Waals surface area (Å²) in [4.78, 5) is 30.0. The standard InChI is InChI=1S/C16H21N5O4S/c1-16(2,3)25-15(24)20-7-4-5-10(20)13-12(14(22)23)18-19-21(13)9-11-17-6-8-26-11/h6,8,10H,4-5,7,9H2,1-3H3,(H,22,23). The Balaban J connectivity index is 1.94. The van der Waals surface area contributed by atoms with Crippen molar-refractivity contribution < 1.29 is 19.4 Å². The smallest absolute Gasteiger partial charge is 0.410 e. The number of aromatic carboxylic acids is 1. The van der Waals surface area contributed by atoms with Crippen molar-refractivity contribution in [1.82, 2.24) is 24.9 Å². The Morgan fingerprint density at radius 3 is 2.81 bits per heavy atom. The van der Waals surface area contributed by atoms with Crippen molar-refractivity contribution in [2.45, 2.75) is 51.8 Å². The number of carbonyl (C=O) groups is 2. The number of hydrogen-bond acceptors (Lipinski definition) is 7. The van der Waals surface area contributed by atoms with Crippen LogP contribution in [0.15, 0.2) is 11.6 Å². The molecule has 0 saturated carbocycles. The molecule has 1 saturated heterocycles. The highest BCUT2D eigenvalue weighted by atomic mass is 32.1. The molecule has 0 bridgehead atoms. The lowest BCUT2D eigenvalue weighted by molar-refractivity contribution is 0.0216. The summed E-state index contributed by atoms with van der Waals surface area (Å²) in [7, 11) is 0. The number of carbonyl (C=O) groups excluding carboxylic acids is 1. The molecule has 10 heteroatoms. The number of carboxylic acid groups (broad SMARTS) is 1. The number of nitrogens with zero attached hydrogens (tertiary/aromatic N) is 5. The first-order chi connectivity index (χ1) is 12.3. The number of hydrogen-bond donors (Lipinski definition) is 1. The molecular formula is C16H21N5O4S. The molecule has 0 aliphatic carbocycles. The van der Waals surface area contributed by atoms with E-state index >= 15 is 0 Å². The molecule has 2 aromatic rings. The zero-order valence-corrected chi connectivity index (χ0v) is 15.7. The summed E-state index contributed by atoms with van der Waals surface area (Å²) in [5.41, 5.74) is -0.350. The number of rotatable bonds is 4. The summed E-state index contributed by atoms with van der Waals surface area (Å²) in [6.07, 6.45) is 2.60. The third-order valence-corrected chi connectivity index (χ3v) is 4.71. The lowest BCUT2D eigenvalue weighted by Crippen LogP contribution is -2.37. The summed E-state index contributed by atoms with van der Waals surface area (Å²) in [6.45, 7) is 6.21. The topological polar surface area (TPSA) is 110 Å². The van der Waals surface area contributed by atoms with Gasteiger partial charge in [0.2, 0.25) is 0 Å². The fourth-order valence-electron chi connectivity index (χ4n) is 2.97. The van der Waals surface area contributed by atoms with Crippen molar-refractivity contribution in [3.63, 3.8) is 0 Å². The van der Waals surface area contributed by atoms with Crippen molar-refractivity contribution in [3.05, 3.63) is 28.0 Å². The Morgan fingerprint density at radius 1 is 1.42 bits per heavy atom. The molecule has 1 amide bonds. The van der Waals surface area contributed by atoms with Crippen LogP contribution in [0.4, 0.5) is 4.79 Å². The summed E-state index contributed by atoms with van der Waals surface area (Å²) in [5, 5.41) is 20.0. The number of thiazole rings is 1. The van der Waals surface area contributed by atoms with Gasteiger partial charge in [0, 0.05) is 18.1 Å². The Kier molecular flexibility index (Phi) is 4.94. The van der Waals surface area contributed by atoms with Crippen LogP contribution in [-0.4, -0.2) is 54.2 Å². The molecule has 1 unspecified atom stereocenters.